The Balaban J connectivity index is 4.07. The van der Waals surface area contributed by atoms with E-state index in [1.54, 1.807) is 6.92 Å². The highest BCUT2D eigenvalue weighted by atomic mass is 16.5. The standard InChI is InChI=1S/C9H12O4/c1-4-13-9(11)7(2)5-6-8(10)12-3/h5-6H,2,4H2,1,3H3. The lowest BCUT2D eigenvalue weighted by molar-refractivity contribution is -0.138. The van der Waals surface area contributed by atoms with Crippen LogP contribution in [0.4, 0.5) is 0 Å². The summed E-state index contributed by atoms with van der Waals surface area (Å²) in [7, 11) is 1.25. The molecule has 0 unspecified atom stereocenters. The molecule has 0 saturated heterocycles. The molecule has 0 N–H and O–H groups in total. The fraction of sp³-hybridized carbons (Fsp3) is 0.333. The zero-order chi connectivity index (χ0) is 10.3. The van der Waals surface area contributed by atoms with Crippen LogP contribution in [0.3, 0.4) is 0 Å². The van der Waals surface area contributed by atoms with Crippen molar-refractivity contribution in [3.05, 3.63) is 24.3 Å². The van der Waals surface area contributed by atoms with E-state index in [0.717, 1.165) is 6.08 Å². The summed E-state index contributed by atoms with van der Waals surface area (Å²) < 4.78 is 8.95. The molecule has 0 saturated carbocycles. The summed E-state index contributed by atoms with van der Waals surface area (Å²) in [4.78, 5) is 21.5. The Kier molecular flexibility index (Phi) is 5.27. The van der Waals surface area contributed by atoms with Crippen LogP contribution in [0.15, 0.2) is 24.3 Å². The summed E-state index contributed by atoms with van der Waals surface area (Å²) in [5, 5.41) is 0. The molecule has 0 rings (SSSR count). The first-order valence-corrected chi connectivity index (χ1v) is 3.73. The summed E-state index contributed by atoms with van der Waals surface area (Å²) in [6.07, 6.45) is 2.36. The highest BCUT2D eigenvalue weighted by Gasteiger charge is 2.03. The maximum Gasteiger partial charge on any atom is 0.337 e. The van der Waals surface area contributed by atoms with Crippen molar-refractivity contribution in [1.82, 2.24) is 0 Å². The number of carbonyl (C=O) groups is 2. The van der Waals surface area contributed by atoms with Gasteiger partial charge in [-0.1, -0.05) is 6.58 Å². The predicted octanol–water partition coefficient (Wildman–Crippen LogP) is 0.835. The molecule has 0 radical (unpaired) electrons. The molecule has 0 fully saturated rings. The van der Waals surface area contributed by atoms with Crippen molar-refractivity contribution in [2.24, 2.45) is 0 Å². The van der Waals surface area contributed by atoms with Crippen LogP contribution in [0.2, 0.25) is 0 Å². The molecule has 0 aliphatic rings. The van der Waals surface area contributed by atoms with Gasteiger partial charge in [0.05, 0.1) is 19.3 Å². The zero-order valence-corrected chi connectivity index (χ0v) is 7.70. The smallest absolute Gasteiger partial charge is 0.337 e. The summed E-state index contributed by atoms with van der Waals surface area (Å²) in [5.41, 5.74) is 0.118. The zero-order valence-electron chi connectivity index (χ0n) is 7.70. The van der Waals surface area contributed by atoms with Crippen molar-refractivity contribution in [3.8, 4) is 0 Å². The van der Waals surface area contributed by atoms with E-state index in [4.69, 9.17) is 0 Å². The third-order valence-electron chi connectivity index (χ3n) is 1.16. The molecule has 0 aliphatic heterocycles. The number of methoxy groups -OCH3 is 1. The average Bonchev–Trinajstić information content (AvgIpc) is 2.13. The van der Waals surface area contributed by atoms with Gasteiger partial charge in [-0.05, 0) is 13.0 Å². The molecular weight excluding hydrogens is 172 g/mol. The molecular formula is C9H12O4. The van der Waals surface area contributed by atoms with Gasteiger partial charge >= 0.3 is 11.9 Å². The largest absolute Gasteiger partial charge is 0.466 e. The lowest BCUT2D eigenvalue weighted by atomic mass is 10.3. The SMILES string of the molecule is C=C(C=CC(=O)OC)C(=O)OCC. The van der Waals surface area contributed by atoms with Crippen molar-refractivity contribution in [1.29, 1.82) is 0 Å². The summed E-state index contributed by atoms with van der Waals surface area (Å²) >= 11 is 0. The van der Waals surface area contributed by atoms with Gasteiger partial charge in [0.1, 0.15) is 0 Å². The maximum absolute atomic E-state index is 10.9. The van der Waals surface area contributed by atoms with Crippen LogP contribution in [0.1, 0.15) is 6.92 Å². The molecule has 4 heteroatoms. The first kappa shape index (κ1) is 11.4. The molecule has 0 aromatic rings. The van der Waals surface area contributed by atoms with Gasteiger partial charge in [0.2, 0.25) is 0 Å². The van der Waals surface area contributed by atoms with E-state index in [9.17, 15) is 9.59 Å². The third kappa shape index (κ3) is 4.79. The first-order valence-electron chi connectivity index (χ1n) is 3.73. The Morgan fingerprint density at radius 3 is 2.46 bits per heavy atom. The predicted molar refractivity (Wildman–Crippen MR) is 46.9 cm³/mol. The lowest BCUT2D eigenvalue weighted by Crippen LogP contribution is -2.05. The minimum Gasteiger partial charge on any atom is -0.466 e. The Hall–Kier alpha value is -1.58. The number of rotatable bonds is 4. The van der Waals surface area contributed by atoms with E-state index >= 15 is 0 Å². The average molecular weight is 184 g/mol. The molecule has 0 bridgehead atoms. The normalized spacial score (nSPS) is 9.69. The molecule has 0 heterocycles. The molecule has 0 aromatic carbocycles. The molecule has 4 nitrogen and oxygen atoms in total. The molecule has 0 atom stereocenters. The number of hydrogen-bond donors (Lipinski definition) is 0. The van der Waals surface area contributed by atoms with Gasteiger partial charge in [0.15, 0.2) is 0 Å². The summed E-state index contributed by atoms with van der Waals surface area (Å²) in [5.74, 6) is -1.08. The van der Waals surface area contributed by atoms with Crippen LogP contribution in [0.25, 0.3) is 0 Å². The van der Waals surface area contributed by atoms with Gasteiger partial charge in [-0.3, -0.25) is 0 Å². The minimum absolute atomic E-state index is 0.118. The van der Waals surface area contributed by atoms with E-state index in [-0.39, 0.29) is 12.2 Å². The summed E-state index contributed by atoms with van der Waals surface area (Å²) in [6.45, 7) is 5.38. The van der Waals surface area contributed by atoms with E-state index in [0.29, 0.717) is 0 Å². The fourth-order valence-corrected chi connectivity index (χ4v) is 0.529. The van der Waals surface area contributed by atoms with Gasteiger partial charge in [-0.15, -0.1) is 0 Å². The number of carbonyl (C=O) groups excluding carboxylic acids is 2. The third-order valence-corrected chi connectivity index (χ3v) is 1.16. The van der Waals surface area contributed by atoms with Crippen molar-refractivity contribution in [3.63, 3.8) is 0 Å². The number of esters is 2. The minimum atomic E-state index is -0.539. The molecule has 0 aromatic heterocycles. The number of hydrogen-bond acceptors (Lipinski definition) is 4. The second-order valence-corrected chi connectivity index (χ2v) is 2.10. The Morgan fingerprint density at radius 2 is 2.00 bits per heavy atom. The Morgan fingerprint density at radius 1 is 1.38 bits per heavy atom. The van der Waals surface area contributed by atoms with Crippen LogP contribution >= 0.6 is 0 Å². The molecule has 13 heavy (non-hydrogen) atoms. The molecule has 0 aliphatic carbocycles. The van der Waals surface area contributed by atoms with Crippen LogP contribution in [0.5, 0.6) is 0 Å². The van der Waals surface area contributed by atoms with Crippen LogP contribution in [-0.2, 0) is 19.1 Å². The second-order valence-electron chi connectivity index (χ2n) is 2.10. The van der Waals surface area contributed by atoms with Crippen molar-refractivity contribution >= 4 is 11.9 Å². The van der Waals surface area contributed by atoms with E-state index in [1.165, 1.54) is 13.2 Å². The maximum atomic E-state index is 10.9. The van der Waals surface area contributed by atoms with Gasteiger partial charge in [0.25, 0.3) is 0 Å². The highest BCUT2D eigenvalue weighted by molar-refractivity contribution is 5.93. The van der Waals surface area contributed by atoms with Gasteiger partial charge in [-0.2, -0.15) is 0 Å². The van der Waals surface area contributed by atoms with Crippen LogP contribution in [0, 0.1) is 0 Å². The van der Waals surface area contributed by atoms with Gasteiger partial charge < -0.3 is 9.47 Å². The van der Waals surface area contributed by atoms with Gasteiger partial charge in [-0.25, -0.2) is 9.59 Å². The van der Waals surface area contributed by atoms with Crippen molar-refractivity contribution < 1.29 is 19.1 Å². The van der Waals surface area contributed by atoms with Crippen LogP contribution < -0.4 is 0 Å². The Labute approximate surface area is 76.8 Å². The second kappa shape index (κ2) is 5.99. The van der Waals surface area contributed by atoms with Crippen molar-refractivity contribution in [2.45, 2.75) is 6.92 Å². The monoisotopic (exact) mass is 184 g/mol. The summed E-state index contributed by atoms with van der Waals surface area (Å²) in [6, 6.07) is 0. The van der Waals surface area contributed by atoms with Gasteiger partial charge in [0, 0.05) is 6.08 Å². The molecule has 0 spiro atoms. The first-order chi connectivity index (χ1) is 6.11. The van der Waals surface area contributed by atoms with E-state index in [1.807, 2.05) is 0 Å². The molecule has 72 valence electrons. The van der Waals surface area contributed by atoms with E-state index in [2.05, 4.69) is 16.1 Å². The molecule has 0 amide bonds. The van der Waals surface area contributed by atoms with E-state index < -0.39 is 11.9 Å². The quantitative estimate of drug-likeness (QED) is 0.369. The van der Waals surface area contributed by atoms with Crippen LogP contribution in [-0.4, -0.2) is 25.7 Å². The van der Waals surface area contributed by atoms with Crippen molar-refractivity contribution in [2.75, 3.05) is 13.7 Å². The topological polar surface area (TPSA) is 52.6 Å². The fourth-order valence-electron chi connectivity index (χ4n) is 0.529. The number of ether oxygens (including phenoxy) is 2. The highest BCUT2D eigenvalue weighted by Crippen LogP contribution is 1.96. The lowest BCUT2D eigenvalue weighted by Gasteiger charge is -1.99. The Bertz CT molecular complexity index is 240.